The van der Waals surface area contributed by atoms with Gasteiger partial charge in [-0.05, 0) is 25.0 Å². The van der Waals surface area contributed by atoms with Crippen LogP contribution in [0.1, 0.15) is 63.5 Å². The number of nitrogens with two attached hydrogens (primary N) is 1. The van der Waals surface area contributed by atoms with E-state index in [9.17, 15) is 0 Å². The van der Waals surface area contributed by atoms with Gasteiger partial charge in [0.15, 0.2) is 5.75 Å². The fourth-order valence-corrected chi connectivity index (χ4v) is 4.82. The van der Waals surface area contributed by atoms with Crippen molar-refractivity contribution in [3.8, 4) is 11.5 Å². The summed E-state index contributed by atoms with van der Waals surface area (Å²) < 4.78 is 12.3. The third kappa shape index (κ3) is 5.33. The SMILES string of the molecule is CCCCCOc1c(Cl)c(Sc2ccccc2N)c(OCCCCC)c2c1C(=N)NC2=N. The number of fused-ring (bicyclic) bond motifs is 1. The van der Waals surface area contributed by atoms with Crippen LogP contribution in [0.3, 0.4) is 0 Å². The number of halogens is 1. The molecule has 0 aliphatic carbocycles. The minimum atomic E-state index is 0.103. The molecule has 0 unspecified atom stereocenters. The van der Waals surface area contributed by atoms with Gasteiger partial charge in [0.1, 0.15) is 22.4 Å². The lowest BCUT2D eigenvalue weighted by Gasteiger charge is -2.20. The van der Waals surface area contributed by atoms with E-state index >= 15 is 0 Å². The van der Waals surface area contributed by atoms with Crippen molar-refractivity contribution in [3.05, 3.63) is 40.4 Å². The Morgan fingerprint density at radius 3 is 2.06 bits per heavy atom. The maximum Gasteiger partial charge on any atom is 0.150 e. The van der Waals surface area contributed by atoms with E-state index in [-0.39, 0.29) is 11.7 Å². The largest absolute Gasteiger partial charge is 0.492 e. The van der Waals surface area contributed by atoms with Crippen molar-refractivity contribution in [2.45, 2.75) is 62.2 Å². The Bertz CT molecular complexity index is 996. The molecule has 0 fully saturated rings. The second-order valence-electron chi connectivity index (χ2n) is 7.68. The molecule has 6 nitrogen and oxygen atoms in total. The summed E-state index contributed by atoms with van der Waals surface area (Å²) in [4.78, 5) is 1.50. The zero-order valence-electron chi connectivity index (χ0n) is 18.6. The summed E-state index contributed by atoms with van der Waals surface area (Å²) in [5, 5.41) is 20.1. The van der Waals surface area contributed by atoms with Gasteiger partial charge in [0.25, 0.3) is 0 Å². The van der Waals surface area contributed by atoms with E-state index in [0.29, 0.717) is 51.4 Å². The van der Waals surface area contributed by atoms with E-state index in [1.54, 1.807) is 0 Å². The Morgan fingerprint density at radius 1 is 0.906 bits per heavy atom. The molecule has 0 aromatic heterocycles. The lowest BCUT2D eigenvalue weighted by atomic mass is 10.1. The first-order chi connectivity index (χ1) is 15.5. The summed E-state index contributed by atoms with van der Waals surface area (Å²) in [6, 6.07) is 7.57. The van der Waals surface area contributed by atoms with Gasteiger partial charge in [-0.1, -0.05) is 75.0 Å². The summed E-state index contributed by atoms with van der Waals surface area (Å²) in [5.74, 6) is 1.16. The Kier molecular flexibility index (Phi) is 8.70. The number of hydrogen-bond donors (Lipinski definition) is 4. The molecule has 32 heavy (non-hydrogen) atoms. The molecule has 0 saturated heterocycles. The van der Waals surface area contributed by atoms with Gasteiger partial charge in [-0.2, -0.15) is 0 Å². The highest BCUT2D eigenvalue weighted by atomic mass is 35.5. The van der Waals surface area contributed by atoms with Gasteiger partial charge in [0, 0.05) is 10.6 Å². The summed E-state index contributed by atoms with van der Waals surface area (Å²) in [6.07, 6.45) is 6.05. The van der Waals surface area contributed by atoms with Gasteiger partial charge in [-0.3, -0.25) is 10.8 Å². The van der Waals surface area contributed by atoms with Crippen molar-refractivity contribution in [1.29, 1.82) is 10.8 Å². The topological polar surface area (TPSA) is 104 Å². The van der Waals surface area contributed by atoms with E-state index in [4.69, 9.17) is 37.6 Å². The zero-order valence-corrected chi connectivity index (χ0v) is 20.2. The molecule has 2 aromatic rings. The number of amidine groups is 2. The van der Waals surface area contributed by atoms with Crippen LogP contribution >= 0.6 is 23.4 Å². The van der Waals surface area contributed by atoms with Crippen LogP contribution in [-0.2, 0) is 0 Å². The zero-order chi connectivity index (χ0) is 23.1. The number of para-hydroxylation sites is 1. The fourth-order valence-electron chi connectivity index (χ4n) is 3.48. The lowest BCUT2D eigenvalue weighted by molar-refractivity contribution is 0.291. The van der Waals surface area contributed by atoms with Gasteiger partial charge in [0.05, 0.1) is 29.2 Å². The Labute approximate surface area is 199 Å². The third-order valence-corrected chi connectivity index (χ3v) is 6.84. The highest BCUT2D eigenvalue weighted by molar-refractivity contribution is 7.99. The molecule has 3 rings (SSSR count). The Balaban J connectivity index is 2.10. The molecule has 8 heteroatoms. The number of rotatable bonds is 12. The second-order valence-corrected chi connectivity index (χ2v) is 9.11. The highest BCUT2D eigenvalue weighted by Crippen LogP contribution is 2.51. The van der Waals surface area contributed by atoms with Crippen molar-refractivity contribution < 1.29 is 9.47 Å². The Hall–Kier alpha value is -2.38. The van der Waals surface area contributed by atoms with Crippen LogP contribution < -0.4 is 20.5 Å². The predicted octanol–water partition coefficient (Wildman–Crippen LogP) is 6.47. The smallest absolute Gasteiger partial charge is 0.150 e. The second kappa shape index (κ2) is 11.5. The summed E-state index contributed by atoms with van der Waals surface area (Å²) in [5.41, 5.74) is 7.85. The number of benzene rings is 2. The van der Waals surface area contributed by atoms with Crippen LogP contribution in [0.2, 0.25) is 5.02 Å². The molecule has 1 heterocycles. The van der Waals surface area contributed by atoms with Crippen LogP contribution in [-0.4, -0.2) is 24.9 Å². The minimum Gasteiger partial charge on any atom is -0.492 e. The van der Waals surface area contributed by atoms with Crippen LogP contribution in [0.4, 0.5) is 5.69 Å². The van der Waals surface area contributed by atoms with E-state index in [0.717, 1.165) is 43.4 Å². The molecule has 0 bridgehead atoms. The maximum absolute atomic E-state index is 8.48. The molecular formula is C24H31ClN4O2S. The molecule has 0 atom stereocenters. The number of ether oxygens (including phenoxy) is 2. The summed E-state index contributed by atoms with van der Waals surface area (Å²) >= 11 is 8.31. The molecule has 172 valence electrons. The van der Waals surface area contributed by atoms with Gasteiger partial charge in [0.2, 0.25) is 0 Å². The van der Waals surface area contributed by atoms with Crippen molar-refractivity contribution in [2.24, 2.45) is 0 Å². The van der Waals surface area contributed by atoms with E-state index in [1.807, 2.05) is 24.3 Å². The highest BCUT2D eigenvalue weighted by Gasteiger charge is 2.35. The first-order valence-electron chi connectivity index (χ1n) is 11.1. The van der Waals surface area contributed by atoms with Crippen LogP contribution in [0.5, 0.6) is 11.5 Å². The Morgan fingerprint density at radius 2 is 1.47 bits per heavy atom. The monoisotopic (exact) mass is 474 g/mol. The van der Waals surface area contributed by atoms with Gasteiger partial charge >= 0.3 is 0 Å². The predicted molar refractivity (Wildman–Crippen MR) is 133 cm³/mol. The van der Waals surface area contributed by atoms with Crippen molar-refractivity contribution in [2.75, 3.05) is 18.9 Å². The van der Waals surface area contributed by atoms with Gasteiger partial charge in [-0.25, -0.2) is 0 Å². The molecule has 0 radical (unpaired) electrons. The van der Waals surface area contributed by atoms with Crippen molar-refractivity contribution >= 4 is 40.7 Å². The number of unbranched alkanes of at least 4 members (excludes halogenated alkanes) is 4. The van der Waals surface area contributed by atoms with Crippen LogP contribution in [0.25, 0.3) is 0 Å². The number of anilines is 1. The maximum atomic E-state index is 8.48. The minimum absolute atomic E-state index is 0.103. The first-order valence-corrected chi connectivity index (χ1v) is 12.3. The molecule has 0 amide bonds. The van der Waals surface area contributed by atoms with Gasteiger partial charge < -0.3 is 20.5 Å². The summed E-state index contributed by atoms with van der Waals surface area (Å²) in [7, 11) is 0. The van der Waals surface area contributed by atoms with Gasteiger partial charge in [-0.15, -0.1) is 0 Å². The summed E-state index contributed by atoms with van der Waals surface area (Å²) in [6.45, 7) is 5.27. The van der Waals surface area contributed by atoms with E-state index < -0.39 is 0 Å². The lowest BCUT2D eigenvalue weighted by Crippen LogP contribution is -2.20. The quantitative estimate of drug-likeness (QED) is 0.208. The average molecular weight is 475 g/mol. The first kappa shape index (κ1) is 24.3. The molecule has 0 saturated carbocycles. The number of nitrogen functional groups attached to an aromatic ring is 1. The molecule has 1 aliphatic heterocycles. The van der Waals surface area contributed by atoms with Crippen molar-refractivity contribution in [1.82, 2.24) is 5.32 Å². The molecule has 1 aliphatic rings. The molecule has 0 spiro atoms. The molecule has 5 N–H and O–H groups in total. The number of nitrogens with one attached hydrogen (secondary N) is 3. The molecular weight excluding hydrogens is 444 g/mol. The number of hydrogen-bond acceptors (Lipinski definition) is 6. The standard InChI is InChI=1S/C24H31ClN4O2S/c1-3-5-9-13-30-20-17-18(24(28)29-23(17)27)21(31-14-10-6-4-2)22(19(20)25)32-16-12-8-7-11-15(16)26/h7-8,11-12H,3-6,9-10,13-14,26H2,1-2H3,(H3,27,28,29). The van der Waals surface area contributed by atoms with Crippen LogP contribution in [0, 0.1) is 10.8 Å². The van der Waals surface area contributed by atoms with Crippen molar-refractivity contribution in [3.63, 3.8) is 0 Å². The van der Waals surface area contributed by atoms with E-state index in [2.05, 4.69) is 19.2 Å². The molecule has 2 aromatic carbocycles. The fraction of sp³-hybridized carbons (Fsp3) is 0.417. The average Bonchev–Trinajstić information content (AvgIpc) is 3.07. The van der Waals surface area contributed by atoms with E-state index in [1.165, 1.54) is 11.8 Å². The van der Waals surface area contributed by atoms with Crippen LogP contribution in [0.15, 0.2) is 34.1 Å². The third-order valence-electron chi connectivity index (χ3n) is 5.18. The normalized spacial score (nSPS) is 12.6.